The minimum Gasteiger partial charge on any atom is -0.412 e. The van der Waals surface area contributed by atoms with Crippen LogP contribution in [0, 0.1) is 0 Å². The van der Waals surface area contributed by atoms with Crippen molar-refractivity contribution in [3.05, 3.63) is 35.2 Å². The molecule has 0 bridgehead atoms. The molecule has 1 aromatic heterocycles. The second kappa shape index (κ2) is 12.3. The highest BCUT2D eigenvalue weighted by molar-refractivity contribution is 7.07. The molecule has 12 heteroatoms. The van der Waals surface area contributed by atoms with Gasteiger partial charge in [-0.15, -0.1) is 24.5 Å². The first-order valence-corrected chi connectivity index (χ1v) is 6.38. The van der Waals surface area contributed by atoms with Crippen molar-refractivity contribution in [2.75, 3.05) is 0 Å². The summed E-state index contributed by atoms with van der Waals surface area (Å²) in [6.07, 6.45) is -4.25. The van der Waals surface area contributed by atoms with E-state index in [1.54, 1.807) is 10.9 Å². The minimum absolute atomic E-state index is 0. The van der Waals surface area contributed by atoms with Crippen LogP contribution in [-0.4, -0.2) is 23.2 Å². The van der Waals surface area contributed by atoms with Gasteiger partial charge in [0.2, 0.25) is 6.41 Å². The van der Waals surface area contributed by atoms with E-state index in [0.717, 1.165) is 11.3 Å². The number of nitrogens with two attached hydrogens (primary N) is 3. The topological polar surface area (TPSA) is 161 Å². The number of alkyl halides is 3. The van der Waals surface area contributed by atoms with Crippen LogP contribution in [0.3, 0.4) is 0 Å². The number of hydrogen-bond donors (Lipinski definition) is 4. The molecule has 0 spiro atoms. The molecule has 0 aliphatic rings. The van der Waals surface area contributed by atoms with E-state index in [0.29, 0.717) is 6.41 Å². The third kappa shape index (κ3) is 10.2. The van der Waals surface area contributed by atoms with Crippen molar-refractivity contribution in [2.45, 2.75) is 6.36 Å². The standard InChI is InChI=1S/C10H6F3NOS.CH4N2O.H4N2.H2O/c11-10(12,13)15-8-3-1-7(2-4-8)9-5-16-6-14-9;2-3-1-4;1-2;/h1-6H;1H,2H2,(H,3,4);1-2H2;1H2. The van der Waals surface area contributed by atoms with Gasteiger partial charge < -0.3 is 10.2 Å². The maximum Gasteiger partial charge on any atom is 0.573 e. The van der Waals surface area contributed by atoms with Gasteiger partial charge in [0, 0.05) is 10.9 Å². The van der Waals surface area contributed by atoms with Gasteiger partial charge >= 0.3 is 6.36 Å². The van der Waals surface area contributed by atoms with E-state index < -0.39 is 6.36 Å². The van der Waals surface area contributed by atoms with Crippen LogP contribution >= 0.6 is 11.3 Å². The normalized spacial score (nSPS) is 9.13. The van der Waals surface area contributed by atoms with Gasteiger partial charge in [-0.3, -0.25) is 21.9 Å². The number of thiazole rings is 1. The Morgan fingerprint density at radius 2 is 1.74 bits per heavy atom. The summed E-state index contributed by atoms with van der Waals surface area (Å²) >= 11 is 1.43. The number of benzene rings is 1. The Morgan fingerprint density at radius 3 is 2.09 bits per heavy atom. The zero-order valence-corrected chi connectivity index (χ0v) is 12.4. The van der Waals surface area contributed by atoms with Crippen molar-refractivity contribution >= 4 is 17.7 Å². The Kier molecular flexibility index (Phi) is 12.3. The van der Waals surface area contributed by atoms with Crippen LogP contribution in [-0.2, 0) is 4.79 Å². The maximum absolute atomic E-state index is 11.9. The fourth-order valence-electron chi connectivity index (χ4n) is 1.18. The second-order valence-electron chi connectivity index (χ2n) is 3.23. The van der Waals surface area contributed by atoms with Crippen molar-refractivity contribution in [3.63, 3.8) is 0 Å². The highest BCUT2D eigenvalue weighted by Gasteiger charge is 2.30. The highest BCUT2D eigenvalue weighted by Crippen LogP contribution is 2.26. The molecule has 0 saturated heterocycles. The van der Waals surface area contributed by atoms with Crippen LogP contribution in [0.2, 0.25) is 0 Å². The van der Waals surface area contributed by atoms with E-state index in [2.05, 4.69) is 27.2 Å². The molecule has 0 aliphatic heterocycles. The predicted octanol–water partition coefficient (Wildman–Crippen LogP) is 0.309. The summed E-state index contributed by atoms with van der Waals surface area (Å²) in [7, 11) is 0. The average Bonchev–Trinajstić information content (AvgIpc) is 3.03. The summed E-state index contributed by atoms with van der Waals surface area (Å²) in [6, 6.07) is 5.61. The van der Waals surface area contributed by atoms with Gasteiger partial charge in [0.05, 0.1) is 11.2 Å². The largest absolute Gasteiger partial charge is 0.573 e. The summed E-state index contributed by atoms with van der Waals surface area (Å²) in [6.45, 7) is 0. The van der Waals surface area contributed by atoms with Crippen molar-refractivity contribution < 1.29 is 28.2 Å². The van der Waals surface area contributed by atoms with E-state index in [-0.39, 0.29) is 11.2 Å². The number of ether oxygens (including phenoxy) is 1. The van der Waals surface area contributed by atoms with Crippen molar-refractivity contribution in [1.29, 1.82) is 0 Å². The molecule has 2 aromatic rings. The third-order valence-corrected chi connectivity index (χ3v) is 2.47. The number of nitrogens with zero attached hydrogens (tertiary/aromatic N) is 1. The molecule has 9 N–H and O–H groups in total. The first kappa shape index (κ1) is 23.0. The van der Waals surface area contributed by atoms with Crippen LogP contribution in [0.25, 0.3) is 11.3 Å². The van der Waals surface area contributed by atoms with E-state index >= 15 is 0 Å². The number of hydrazine groups is 2. The molecule has 1 heterocycles. The number of carbonyl (C=O) groups is 1. The number of carbonyl (C=O) groups excluding carboxylic acids is 1. The number of nitrogens with one attached hydrogen (secondary N) is 1. The van der Waals surface area contributed by atoms with Gasteiger partial charge in [0.25, 0.3) is 0 Å². The first-order valence-electron chi connectivity index (χ1n) is 5.43. The molecule has 0 atom stereocenters. The molecule has 1 aromatic carbocycles. The lowest BCUT2D eigenvalue weighted by atomic mass is 10.2. The first-order chi connectivity index (χ1) is 10.5. The molecule has 1 amide bonds. The molecule has 2 rings (SSSR count). The fraction of sp³-hybridized carbons (Fsp3) is 0.0909. The van der Waals surface area contributed by atoms with E-state index in [4.69, 9.17) is 4.79 Å². The maximum atomic E-state index is 11.9. The third-order valence-electron chi connectivity index (χ3n) is 1.88. The molecule has 0 unspecified atom stereocenters. The van der Waals surface area contributed by atoms with Crippen LogP contribution in [0.1, 0.15) is 0 Å². The molecular weight excluding hydrogens is 339 g/mol. The van der Waals surface area contributed by atoms with E-state index in [9.17, 15) is 13.2 Å². The molecule has 0 aliphatic carbocycles. The van der Waals surface area contributed by atoms with Gasteiger partial charge in [0.1, 0.15) is 5.75 Å². The van der Waals surface area contributed by atoms with Gasteiger partial charge in [-0.05, 0) is 24.3 Å². The lowest BCUT2D eigenvalue weighted by molar-refractivity contribution is -0.274. The average molecular weight is 355 g/mol. The monoisotopic (exact) mass is 355 g/mol. The second-order valence-corrected chi connectivity index (χ2v) is 3.95. The Bertz CT molecular complexity index is 523. The van der Waals surface area contributed by atoms with Crippen molar-refractivity contribution in [3.8, 4) is 17.0 Å². The lowest BCUT2D eigenvalue weighted by Crippen LogP contribution is -2.18. The summed E-state index contributed by atoms with van der Waals surface area (Å²) in [5.74, 6) is 12.2. The molecule has 0 fully saturated rings. The predicted molar refractivity (Wildman–Crippen MR) is 79.6 cm³/mol. The highest BCUT2D eigenvalue weighted by atomic mass is 32.1. The number of aromatic nitrogens is 1. The van der Waals surface area contributed by atoms with Gasteiger partial charge in [-0.1, -0.05) is 0 Å². The number of hydrogen-bond acceptors (Lipinski definition) is 7. The van der Waals surface area contributed by atoms with Crippen LogP contribution in [0.4, 0.5) is 13.2 Å². The Balaban J connectivity index is 0. The molecule has 8 nitrogen and oxygen atoms in total. The van der Waals surface area contributed by atoms with Crippen molar-refractivity contribution in [1.82, 2.24) is 10.4 Å². The molecule has 0 radical (unpaired) electrons. The zero-order valence-electron chi connectivity index (χ0n) is 11.6. The minimum atomic E-state index is -4.65. The number of halogens is 3. The van der Waals surface area contributed by atoms with Gasteiger partial charge in [0.15, 0.2) is 0 Å². The van der Waals surface area contributed by atoms with Crippen molar-refractivity contribution in [2.24, 2.45) is 17.5 Å². The lowest BCUT2D eigenvalue weighted by Gasteiger charge is -2.08. The fourth-order valence-corrected chi connectivity index (χ4v) is 1.74. The molecule has 130 valence electrons. The van der Waals surface area contributed by atoms with Gasteiger partial charge in [-0.2, -0.15) is 0 Å². The zero-order chi connectivity index (χ0) is 17.0. The Labute approximate surface area is 133 Å². The smallest absolute Gasteiger partial charge is 0.412 e. The summed E-state index contributed by atoms with van der Waals surface area (Å²) in [4.78, 5) is 13.0. The number of rotatable bonds is 3. The Hall–Kier alpha value is -2.25. The number of amides is 1. The summed E-state index contributed by atoms with van der Waals surface area (Å²) < 4.78 is 39.4. The molecule has 0 saturated carbocycles. The molecule has 23 heavy (non-hydrogen) atoms. The summed E-state index contributed by atoms with van der Waals surface area (Å²) in [5.41, 5.74) is 4.91. The van der Waals surface area contributed by atoms with Gasteiger partial charge in [-0.25, -0.2) is 10.8 Å². The Morgan fingerprint density at radius 1 is 1.22 bits per heavy atom. The SMILES string of the molecule is FC(F)(F)Oc1ccc(-c2cscn2)cc1.NN.NNC=O.O. The van der Waals surface area contributed by atoms with Crippen LogP contribution < -0.4 is 27.7 Å². The summed E-state index contributed by atoms with van der Waals surface area (Å²) in [5, 5.41) is 1.82. The molecular formula is C11H16F3N5O3S. The van der Waals surface area contributed by atoms with E-state index in [1.807, 2.05) is 5.38 Å². The van der Waals surface area contributed by atoms with Crippen LogP contribution in [0.15, 0.2) is 35.2 Å². The van der Waals surface area contributed by atoms with E-state index in [1.165, 1.54) is 35.6 Å². The quantitative estimate of drug-likeness (QED) is 0.268. The van der Waals surface area contributed by atoms with Crippen LogP contribution in [0.5, 0.6) is 5.75 Å².